The van der Waals surface area contributed by atoms with Crippen LogP contribution in [0, 0.1) is 11.3 Å². The van der Waals surface area contributed by atoms with Crippen molar-refractivity contribution in [2.45, 2.75) is 38.1 Å². The first-order valence-electron chi connectivity index (χ1n) is 8.04. The van der Waals surface area contributed by atoms with Crippen molar-refractivity contribution in [2.75, 3.05) is 19.5 Å². The maximum absolute atomic E-state index is 12.6. The number of carbonyl (C=O) groups excluding carboxylic acids is 1. The second kappa shape index (κ2) is 8.60. The smallest absolute Gasteiger partial charge is 0.266 e. The number of hydrogen-bond donors (Lipinski definition) is 1. The zero-order valence-electron chi connectivity index (χ0n) is 14.0. The molecule has 1 N–H and O–H groups in total. The number of nitriles is 1. The highest BCUT2D eigenvalue weighted by atomic mass is 35.5. The molecule has 1 fully saturated rings. The minimum Gasteiger partial charge on any atom is -0.495 e. The van der Waals surface area contributed by atoms with Gasteiger partial charge in [-0.2, -0.15) is 5.26 Å². The van der Waals surface area contributed by atoms with E-state index in [1.165, 1.54) is 12.6 Å². The van der Waals surface area contributed by atoms with Crippen LogP contribution in [-0.2, 0) is 4.79 Å². The van der Waals surface area contributed by atoms with Crippen LogP contribution in [0.2, 0.25) is 5.02 Å². The summed E-state index contributed by atoms with van der Waals surface area (Å²) < 4.78 is 5.24. The lowest BCUT2D eigenvalue weighted by Crippen LogP contribution is -2.39. The van der Waals surface area contributed by atoms with E-state index in [2.05, 4.69) is 5.32 Å². The second-order valence-electron chi connectivity index (χ2n) is 5.87. The predicted octanol–water partition coefficient (Wildman–Crippen LogP) is 3.96. The monoisotopic (exact) mass is 347 g/mol. The summed E-state index contributed by atoms with van der Waals surface area (Å²) in [5, 5.41) is 12.8. The number of ether oxygens (including phenoxy) is 1. The number of hydrogen-bond acceptors (Lipinski definition) is 4. The van der Waals surface area contributed by atoms with Crippen molar-refractivity contribution in [3.63, 3.8) is 0 Å². The first kappa shape index (κ1) is 18.2. The summed E-state index contributed by atoms with van der Waals surface area (Å²) in [6, 6.07) is 7.30. The fourth-order valence-corrected chi connectivity index (χ4v) is 3.08. The number of benzene rings is 1. The van der Waals surface area contributed by atoms with E-state index in [1.807, 2.05) is 6.07 Å². The van der Waals surface area contributed by atoms with Crippen LogP contribution in [0.1, 0.15) is 32.1 Å². The average molecular weight is 348 g/mol. The number of amides is 1. The molecule has 128 valence electrons. The lowest BCUT2D eigenvalue weighted by atomic mass is 9.94. The zero-order valence-corrected chi connectivity index (χ0v) is 14.8. The van der Waals surface area contributed by atoms with Crippen LogP contribution in [0.4, 0.5) is 5.69 Å². The third-order valence-corrected chi connectivity index (χ3v) is 4.56. The lowest BCUT2D eigenvalue weighted by Gasteiger charge is -2.31. The number of carbonyl (C=O) groups is 1. The Bertz CT molecular complexity index is 661. The molecule has 6 heteroatoms. The van der Waals surface area contributed by atoms with Gasteiger partial charge in [-0.05, 0) is 31.0 Å². The summed E-state index contributed by atoms with van der Waals surface area (Å²) in [6.07, 6.45) is 6.89. The van der Waals surface area contributed by atoms with Gasteiger partial charge in [0.15, 0.2) is 0 Å². The number of halogens is 1. The minimum absolute atomic E-state index is 0.0603. The van der Waals surface area contributed by atoms with E-state index in [4.69, 9.17) is 16.3 Å². The molecule has 1 aliphatic carbocycles. The SMILES string of the molecule is COc1ccc(Cl)cc1N/C=C(/C#N)C(=O)N(C)C1CCCCC1. The normalized spacial score (nSPS) is 15.5. The molecule has 0 heterocycles. The Balaban J connectivity index is 2.12. The molecule has 0 saturated heterocycles. The highest BCUT2D eigenvalue weighted by molar-refractivity contribution is 6.30. The van der Waals surface area contributed by atoms with Crippen molar-refractivity contribution < 1.29 is 9.53 Å². The Labute approximate surface area is 147 Å². The molecule has 1 aromatic rings. The summed E-state index contributed by atoms with van der Waals surface area (Å²) in [6.45, 7) is 0. The highest BCUT2D eigenvalue weighted by Gasteiger charge is 2.24. The first-order chi connectivity index (χ1) is 11.6. The van der Waals surface area contributed by atoms with E-state index >= 15 is 0 Å². The molecule has 1 aromatic carbocycles. The van der Waals surface area contributed by atoms with Crippen molar-refractivity contribution >= 4 is 23.2 Å². The topological polar surface area (TPSA) is 65.4 Å². The zero-order chi connectivity index (χ0) is 17.5. The molecule has 0 unspecified atom stereocenters. The van der Waals surface area contributed by atoms with Crippen LogP contribution < -0.4 is 10.1 Å². The van der Waals surface area contributed by atoms with Crippen molar-refractivity contribution in [3.8, 4) is 11.8 Å². The molecule has 0 aromatic heterocycles. The molecule has 0 bridgehead atoms. The van der Waals surface area contributed by atoms with E-state index in [-0.39, 0.29) is 17.5 Å². The van der Waals surface area contributed by atoms with Crippen LogP contribution in [0.25, 0.3) is 0 Å². The summed E-state index contributed by atoms with van der Waals surface area (Å²) in [5.74, 6) is 0.318. The number of methoxy groups -OCH3 is 1. The molecule has 0 atom stereocenters. The Morgan fingerprint density at radius 2 is 2.12 bits per heavy atom. The average Bonchev–Trinajstić information content (AvgIpc) is 2.62. The molecular formula is C18H22ClN3O2. The molecule has 5 nitrogen and oxygen atoms in total. The van der Waals surface area contributed by atoms with Crippen LogP contribution in [-0.4, -0.2) is 31.0 Å². The van der Waals surface area contributed by atoms with Crippen LogP contribution in [0.15, 0.2) is 30.0 Å². The predicted molar refractivity (Wildman–Crippen MR) is 95.0 cm³/mol. The third kappa shape index (κ3) is 4.42. The second-order valence-corrected chi connectivity index (χ2v) is 6.30. The van der Waals surface area contributed by atoms with Crippen molar-refractivity contribution in [1.82, 2.24) is 4.90 Å². The maximum atomic E-state index is 12.6. The fourth-order valence-electron chi connectivity index (χ4n) is 2.91. The number of likely N-dealkylation sites (N-methyl/N-ethyl adjacent to an activating group) is 1. The van der Waals surface area contributed by atoms with Gasteiger partial charge in [-0.3, -0.25) is 4.79 Å². The van der Waals surface area contributed by atoms with Gasteiger partial charge in [0.1, 0.15) is 17.4 Å². The largest absolute Gasteiger partial charge is 0.495 e. The van der Waals surface area contributed by atoms with Gasteiger partial charge < -0.3 is 15.0 Å². The Morgan fingerprint density at radius 1 is 1.42 bits per heavy atom. The van der Waals surface area contributed by atoms with Crippen LogP contribution >= 0.6 is 11.6 Å². The molecule has 1 amide bonds. The third-order valence-electron chi connectivity index (χ3n) is 4.33. The highest BCUT2D eigenvalue weighted by Crippen LogP contribution is 2.28. The van der Waals surface area contributed by atoms with Crippen LogP contribution in [0.5, 0.6) is 5.75 Å². The molecule has 0 radical (unpaired) electrons. The van der Waals surface area contributed by atoms with Gasteiger partial charge in [0.05, 0.1) is 12.8 Å². The van der Waals surface area contributed by atoms with Gasteiger partial charge in [0, 0.05) is 24.3 Å². The minimum atomic E-state index is -0.266. The summed E-state index contributed by atoms with van der Waals surface area (Å²) in [7, 11) is 3.31. The van der Waals surface area contributed by atoms with Gasteiger partial charge in [-0.15, -0.1) is 0 Å². The number of nitrogens with one attached hydrogen (secondary N) is 1. The van der Waals surface area contributed by atoms with Crippen LogP contribution in [0.3, 0.4) is 0 Å². The summed E-state index contributed by atoms with van der Waals surface area (Å²) >= 11 is 5.98. The Morgan fingerprint density at radius 3 is 2.75 bits per heavy atom. The van der Waals surface area contributed by atoms with Gasteiger partial charge >= 0.3 is 0 Å². The molecule has 1 saturated carbocycles. The van der Waals surface area contributed by atoms with Crippen molar-refractivity contribution in [1.29, 1.82) is 5.26 Å². The van der Waals surface area contributed by atoms with Gasteiger partial charge in [0.25, 0.3) is 5.91 Å². The molecule has 24 heavy (non-hydrogen) atoms. The van der Waals surface area contributed by atoms with Gasteiger partial charge in [-0.25, -0.2) is 0 Å². The Hall–Kier alpha value is -2.19. The van der Waals surface area contributed by atoms with Gasteiger partial charge in [-0.1, -0.05) is 30.9 Å². The number of rotatable bonds is 5. The van der Waals surface area contributed by atoms with Crippen molar-refractivity contribution in [3.05, 3.63) is 35.0 Å². The standard InChI is InChI=1S/C18H22ClN3O2/c1-22(15-6-4-3-5-7-15)18(23)13(11-20)12-21-16-10-14(19)8-9-17(16)24-2/h8-10,12,15,21H,3-7H2,1-2H3/b13-12-. The van der Waals surface area contributed by atoms with Gasteiger partial charge in [0.2, 0.25) is 0 Å². The molecular weight excluding hydrogens is 326 g/mol. The van der Waals surface area contributed by atoms with E-state index in [0.717, 1.165) is 25.7 Å². The number of anilines is 1. The number of nitrogens with zero attached hydrogens (tertiary/aromatic N) is 2. The van der Waals surface area contributed by atoms with E-state index in [0.29, 0.717) is 16.5 Å². The molecule has 1 aliphatic rings. The molecule has 0 spiro atoms. The lowest BCUT2D eigenvalue weighted by molar-refractivity contribution is -0.128. The van der Waals surface area contributed by atoms with E-state index < -0.39 is 0 Å². The maximum Gasteiger partial charge on any atom is 0.266 e. The van der Waals surface area contributed by atoms with Crippen molar-refractivity contribution in [2.24, 2.45) is 0 Å². The fraction of sp³-hybridized carbons (Fsp3) is 0.444. The summed E-state index contributed by atoms with van der Waals surface area (Å²) in [5.41, 5.74) is 0.663. The van der Waals surface area contributed by atoms with E-state index in [9.17, 15) is 10.1 Å². The van der Waals surface area contributed by atoms with E-state index in [1.54, 1.807) is 37.3 Å². The molecule has 0 aliphatic heterocycles. The quantitative estimate of drug-likeness (QED) is 0.646. The first-order valence-corrected chi connectivity index (χ1v) is 8.42. The Kier molecular flexibility index (Phi) is 6.51. The molecule has 2 rings (SSSR count). The summed E-state index contributed by atoms with van der Waals surface area (Å²) in [4.78, 5) is 14.2.